The molecule has 1 atom stereocenters. The molecule has 0 saturated carbocycles. The number of nitrogens with zero attached hydrogens (tertiary/aromatic N) is 1. The molecular formula is C12H18FNO2. The number of unbranched alkanes of at least 4 members (excludes halogenated alkanes) is 2. The molecule has 0 fully saturated rings. The number of rotatable bonds is 6. The third kappa shape index (κ3) is 3.45. The van der Waals surface area contributed by atoms with Crippen molar-refractivity contribution in [3.8, 4) is 5.88 Å². The van der Waals surface area contributed by atoms with Crippen molar-refractivity contribution >= 4 is 0 Å². The maximum absolute atomic E-state index is 12.8. The fraction of sp³-hybridized carbons (Fsp3) is 0.583. The Morgan fingerprint density at radius 2 is 2.19 bits per heavy atom. The number of methoxy groups -OCH3 is 1. The van der Waals surface area contributed by atoms with Gasteiger partial charge >= 0.3 is 0 Å². The summed E-state index contributed by atoms with van der Waals surface area (Å²) in [5.74, 6) is -0.426. The fourth-order valence-corrected chi connectivity index (χ4v) is 1.59. The number of hydrogen-bond acceptors (Lipinski definition) is 3. The van der Waals surface area contributed by atoms with E-state index in [0.29, 0.717) is 12.0 Å². The first-order valence-corrected chi connectivity index (χ1v) is 5.57. The first-order chi connectivity index (χ1) is 7.69. The van der Waals surface area contributed by atoms with Gasteiger partial charge in [-0.3, -0.25) is 0 Å². The van der Waals surface area contributed by atoms with Gasteiger partial charge in [0.2, 0.25) is 11.8 Å². The van der Waals surface area contributed by atoms with Crippen LogP contribution in [0.1, 0.15) is 44.3 Å². The number of halogens is 1. The van der Waals surface area contributed by atoms with Crippen LogP contribution in [0, 0.1) is 5.95 Å². The van der Waals surface area contributed by atoms with E-state index in [9.17, 15) is 9.50 Å². The fourth-order valence-electron chi connectivity index (χ4n) is 1.59. The van der Waals surface area contributed by atoms with Crippen LogP contribution >= 0.6 is 0 Å². The zero-order chi connectivity index (χ0) is 12.0. The van der Waals surface area contributed by atoms with Crippen molar-refractivity contribution in [2.24, 2.45) is 0 Å². The average molecular weight is 227 g/mol. The van der Waals surface area contributed by atoms with E-state index >= 15 is 0 Å². The largest absolute Gasteiger partial charge is 0.481 e. The van der Waals surface area contributed by atoms with Gasteiger partial charge in [-0.2, -0.15) is 9.37 Å². The van der Waals surface area contributed by atoms with E-state index in [1.807, 2.05) is 0 Å². The molecule has 0 aromatic carbocycles. The Balaban J connectivity index is 2.70. The number of aromatic nitrogens is 1. The van der Waals surface area contributed by atoms with Crippen molar-refractivity contribution in [3.63, 3.8) is 0 Å². The molecule has 0 aliphatic heterocycles. The third-order valence-corrected chi connectivity index (χ3v) is 2.49. The van der Waals surface area contributed by atoms with E-state index in [4.69, 9.17) is 4.74 Å². The number of aliphatic hydroxyl groups is 1. The van der Waals surface area contributed by atoms with Gasteiger partial charge in [-0.05, 0) is 18.6 Å². The van der Waals surface area contributed by atoms with E-state index in [1.165, 1.54) is 19.2 Å². The van der Waals surface area contributed by atoms with Crippen molar-refractivity contribution in [2.75, 3.05) is 7.11 Å². The van der Waals surface area contributed by atoms with E-state index in [-0.39, 0.29) is 5.88 Å². The molecule has 0 amide bonds. The minimum atomic E-state index is -0.630. The van der Waals surface area contributed by atoms with Gasteiger partial charge in [0.25, 0.3) is 0 Å². The quantitative estimate of drug-likeness (QED) is 0.600. The van der Waals surface area contributed by atoms with Crippen LogP contribution in [0.4, 0.5) is 4.39 Å². The van der Waals surface area contributed by atoms with Gasteiger partial charge in [-0.15, -0.1) is 0 Å². The summed E-state index contributed by atoms with van der Waals surface area (Å²) in [6, 6.07) is 2.76. The van der Waals surface area contributed by atoms with Crippen LogP contribution in [-0.4, -0.2) is 17.2 Å². The summed E-state index contributed by atoms with van der Waals surface area (Å²) in [6.07, 6.45) is 3.14. The van der Waals surface area contributed by atoms with E-state index < -0.39 is 12.1 Å². The van der Waals surface area contributed by atoms with Gasteiger partial charge in [-0.25, -0.2) is 0 Å². The lowest BCUT2D eigenvalue weighted by Gasteiger charge is -2.13. The SMILES string of the molecule is CCCCCC(O)c1ccc(F)nc1OC. The molecule has 0 radical (unpaired) electrons. The standard InChI is InChI=1S/C12H18FNO2/c1-3-4-5-6-10(15)9-7-8-11(13)14-12(9)16-2/h7-8,10,15H,3-6H2,1-2H3. The van der Waals surface area contributed by atoms with Gasteiger partial charge in [0.15, 0.2) is 0 Å². The molecule has 1 aromatic rings. The first-order valence-electron chi connectivity index (χ1n) is 5.57. The van der Waals surface area contributed by atoms with Crippen molar-refractivity contribution < 1.29 is 14.2 Å². The molecule has 1 heterocycles. The highest BCUT2D eigenvalue weighted by molar-refractivity contribution is 5.28. The highest BCUT2D eigenvalue weighted by Crippen LogP contribution is 2.26. The van der Waals surface area contributed by atoms with Crippen molar-refractivity contribution in [1.29, 1.82) is 0 Å². The van der Waals surface area contributed by atoms with Crippen LogP contribution in [0.2, 0.25) is 0 Å². The second-order valence-electron chi connectivity index (χ2n) is 3.74. The lowest BCUT2D eigenvalue weighted by atomic mass is 10.0. The predicted molar refractivity (Wildman–Crippen MR) is 59.8 cm³/mol. The Labute approximate surface area is 95.3 Å². The third-order valence-electron chi connectivity index (χ3n) is 2.49. The maximum atomic E-state index is 12.8. The van der Waals surface area contributed by atoms with E-state index in [0.717, 1.165) is 19.3 Å². The Kier molecular flexibility index (Phi) is 5.19. The molecule has 0 saturated heterocycles. The zero-order valence-electron chi connectivity index (χ0n) is 9.74. The monoisotopic (exact) mass is 227 g/mol. The number of aliphatic hydroxyl groups excluding tert-OH is 1. The smallest absolute Gasteiger partial charge is 0.221 e. The van der Waals surface area contributed by atoms with Crippen molar-refractivity contribution in [2.45, 2.75) is 38.7 Å². The van der Waals surface area contributed by atoms with Crippen LogP contribution in [0.5, 0.6) is 5.88 Å². The minimum absolute atomic E-state index is 0.170. The molecule has 0 spiro atoms. The second-order valence-corrected chi connectivity index (χ2v) is 3.74. The molecule has 4 heteroatoms. The minimum Gasteiger partial charge on any atom is -0.481 e. The van der Waals surface area contributed by atoms with Crippen LogP contribution in [0.15, 0.2) is 12.1 Å². The normalized spacial score (nSPS) is 12.5. The average Bonchev–Trinajstić information content (AvgIpc) is 2.29. The van der Waals surface area contributed by atoms with Gasteiger partial charge in [0, 0.05) is 5.56 Å². The predicted octanol–water partition coefficient (Wildman–Crippen LogP) is 2.84. The molecule has 90 valence electrons. The van der Waals surface area contributed by atoms with Gasteiger partial charge in [0.05, 0.1) is 13.2 Å². The van der Waals surface area contributed by atoms with E-state index in [2.05, 4.69) is 11.9 Å². The van der Waals surface area contributed by atoms with Gasteiger partial charge in [-0.1, -0.05) is 26.2 Å². The molecule has 1 aromatic heterocycles. The number of pyridine rings is 1. The maximum Gasteiger partial charge on any atom is 0.221 e. The molecule has 1 rings (SSSR count). The topological polar surface area (TPSA) is 42.4 Å². The molecule has 1 unspecified atom stereocenters. The Morgan fingerprint density at radius 1 is 1.44 bits per heavy atom. The Hall–Kier alpha value is -1.16. The summed E-state index contributed by atoms with van der Waals surface area (Å²) in [4.78, 5) is 3.59. The summed E-state index contributed by atoms with van der Waals surface area (Å²) < 4.78 is 17.8. The Bertz CT molecular complexity index is 331. The number of ether oxygens (including phenoxy) is 1. The first kappa shape index (κ1) is 12.9. The Morgan fingerprint density at radius 3 is 2.81 bits per heavy atom. The molecular weight excluding hydrogens is 209 g/mol. The lowest BCUT2D eigenvalue weighted by molar-refractivity contribution is 0.158. The number of hydrogen-bond donors (Lipinski definition) is 1. The molecule has 3 nitrogen and oxygen atoms in total. The lowest BCUT2D eigenvalue weighted by Crippen LogP contribution is -2.03. The van der Waals surface area contributed by atoms with Gasteiger partial charge < -0.3 is 9.84 Å². The van der Waals surface area contributed by atoms with Gasteiger partial charge in [0.1, 0.15) is 0 Å². The van der Waals surface area contributed by atoms with Crippen LogP contribution < -0.4 is 4.74 Å². The van der Waals surface area contributed by atoms with Crippen molar-refractivity contribution in [3.05, 3.63) is 23.6 Å². The molecule has 0 bridgehead atoms. The highest BCUT2D eigenvalue weighted by atomic mass is 19.1. The summed E-state index contributed by atoms with van der Waals surface area (Å²) in [5, 5.41) is 9.91. The molecule has 0 aliphatic rings. The van der Waals surface area contributed by atoms with Crippen LogP contribution in [0.3, 0.4) is 0 Å². The molecule has 1 N–H and O–H groups in total. The highest BCUT2D eigenvalue weighted by Gasteiger charge is 2.14. The summed E-state index contributed by atoms with van der Waals surface area (Å²) >= 11 is 0. The van der Waals surface area contributed by atoms with Crippen molar-refractivity contribution in [1.82, 2.24) is 4.98 Å². The zero-order valence-corrected chi connectivity index (χ0v) is 9.74. The summed E-state index contributed by atoms with van der Waals surface area (Å²) in [5.41, 5.74) is 0.556. The summed E-state index contributed by atoms with van der Waals surface area (Å²) in [7, 11) is 1.42. The van der Waals surface area contributed by atoms with Crippen LogP contribution in [0.25, 0.3) is 0 Å². The van der Waals surface area contributed by atoms with Crippen LogP contribution in [-0.2, 0) is 0 Å². The molecule has 16 heavy (non-hydrogen) atoms. The molecule has 0 aliphatic carbocycles. The summed E-state index contributed by atoms with van der Waals surface area (Å²) in [6.45, 7) is 2.10. The second kappa shape index (κ2) is 6.43. The van der Waals surface area contributed by atoms with E-state index in [1.54, 1.807) is 0 Å².